The smallest absolute Gasteiger partial charge is 0.247 e. The minimum atomic E-state index is -1.87. The quantitative estimate of drug-likeness (QED) is 0.0146. The van der Waals surface area contributed by atoms with Crippen LogP contribution < -0.4 is 75.7 Å². The molecule has 24 N–H and O–H groups in total. The monoisotopic (exact) mass is 1830 g/mol. The third kappa shape index (κ3) is 29.2. The van der Waals surface area contributed by atoms with E-state index in [-0.39, 0.29) is 77.3 Å². The van der Waals surface area contributed by atoms with E-state index in [9.17, 15) is 72.9 Å². The largest absolute Gasteiger partial charge is 0.394 e. The molecule has 2 aliphatic rings. The number of unbranched alkanes of at least 4 members (excludes halogenated alkanes) is 2. The van der Waals surface area contributed by atoms with E-state index in [0.717, 1.165) is 38.4 Å². The van der Waals surface area contributed by atoms with Crippen molar-refractivity contribution in [3.63, 3.8) is 0 Å². The van der Waals surface area contributed by atoms with E-state index in [1.54, 1.807) is 91.3 Å². The second kappa shape index (κ2) is 50.0. The number of nitrogens with zero attached hydrogens (tertiary/aromatic N) is 6. The number of nitrogens with two attached hydrogens (primary N) is 3. The number of benzene rings is 3. The Balaban J connectivity index is 1.17. The number of rotatable bonds is 25. The van der Waals surface area contributed by atoms with Crippen LogP contribution in [0.2, 0.25) is 0 Å². The van der Waals surface area contributed by atoms with Crippen LogP contribution in [0.3, 0.4) is 0 Å². The lowest BCUT2D eigenvalue weighted by Gasteiger charge is -2.36. The van der Waals surface area contributed by atoms with Gasteiger partial charge in [0.25, 0.3) is 0 Å². The molecule has 3 aromatic heterocycles. The average molecular weight is 1830 g/mol. The molecule has 2 aliphatic heterocycles. The van der Waals surface area contributed by atoms with Crippen molar-refractivity contribution in [3.05, 3.63) is 126 Å². The zero-order chi connectivity index (χ0) is 95.0. The Morgan fingerprint density at radius 3 is 1.68 bits per heavy atom. The molecule has 44 heteroatoms. The number of carbonyl (C=O) groups is 16. The molecular weight excluding hydrogens is 1710 g/mol. The first-order valence-electron chi connectivity index (χ1n) is 43.1. The highest BCUT2D eigenvalue weighted by molar-refractivity contribution is 8.00. The Labute approximate surface area is 755 Å². The van der Waals surface area contributed by atoms with Crippen molar-refractivity contribution in [2.75, 3.05) is 79.1 Å². The maximum Gasteiger partial charge on any atom is 0.247 e. The normalized spacial score (nSPS) is 24.3. The van der Waals surface area contributed by atoms with E-state index < -0.39 is 229 Å². The number of hydrogen-bond acceptors (Lipinski definition) is 23. The van der Waals surface area contributed by atoms with Gasteiger partial charge in [-0.2, -0.15) is 0 Å². The van der Waals surface area contributed by atoms with Gasteiger partial charge >= 0.3 is 0 Å². The number of carbonyl (C=O) groups excluding carboxylic acids is 16. The number of fused-ring (bicyclic) bond motifs is 3. The van der Waals surface area contributed by atoms with Gasteiger partial charge in [0.15, 0.2) is 5.96 Å². The van der Waals surface area contributed by atoms with Gasteiger partial charge in [0.2, 0.25) is 94.5 Å². The third-order valence-corrected chi connectivity index (χ3v) is 23.8. The second-order valence-electron chi connectivity index (χ2n) is 32.4. The van der Waals surface area contributed by atoms with Gasteiger partial charge in [-0.3, -0.25) is 87.0 Å². The molecule has 0 radical (unpaired) electrons. The highest BCUT2D eigenvalue weighted by atomic mass is 32.2. The van der Waals surface area contributed by atoms with Gasteiger partial charge in [-0.05, 0) is 74.3 Å². The number of guanidine groups is 1. The van der Waals surface area contributed by atoms with Gasteiger partial charge in [-0.1, -0.05) is 106 Å². The van der Waals surface area contributed by atoms with Gasteiger partial charge in [-0.15, -0.1) is 11.8 Å². The fraction of sp³-hybridized carbons (Fsp3) is 0.512. The van der Waals surface area contributed by atoms with Crippen molar-refractivity contribution in [1.82, 2.24) is 103 Å². The Morgan fingerprint density at radius 2 is 1.08 bits per heavy atom. The highest BCUT2D eigenvalue weighted by Gasteiger charge is 2.44. The number of primary amides is 2. The summed E-state index contributed by atoms with van der Waals surface area (Å²) in [5.74, 6) is -16.4. The lowest BCUT2D eigenvalue weighted by atomic mass is 10.00. The van der Waals surface area contributed by atoms with Gasteiger partial charge in [-0.25, -0.2) is 4.98 Å². The van der Waals surface area contributed by atoms with Crippen LogP contribution in [-0.4, -0.2) is 324 Å². The Bertz CT molecular complexity index is 4940. The van der Waals surface area contributed by atoms with Gasteiger partial charge in [0, 0.05) is 119 Å². The molecule has 14 unspecified atom stereocenters. The van der Waals surface area contributed by atoms with Gasteiger partial charge < -0.3 is 126 Å². The molecular formula is C86H122N24O19S. The van der Waals surface area contributed by atoms with Crippen LogP contribution in [0.15, 0.2) is 104 Å². The summed E-state index contributed by atoms with van der Waals surface area (Å²) in [4.78, 5) is 251. The lowest BCUT2D eigenvalue weighted by molar-refractivity contribution is -0.149. The summed E-state index contributed by atoms with van der Waals surface area (Å²) in [5.41, 5.74) is 19.9. The molecule has 8 rings (SSSR count). The third-order valence-electron chi connectivity index (χ3n) is 22.8. The molecule has 0 saturated carbocycles. The van der Waals surface area contributed by atoms with E-state index in [2.05, 4.69) is 78.4 Å². The SMILES string of the molecule is CCCCC1C(=O)N(C)C(CCCC)C(=O)NC(CCCNC(=N)N)C(=O)NC(C(=O)NCC(N)=O)CSCC(=O)NC(Cc2ccccc2)C(=O)N(C)C(C)C(=O)NC(CC(N)=O)C(O)N2CCCC2C(=O)NC(Cc2cnc[nH]2)C(=O)NC(CO)C(=O)N(C)CC(=O)NC(Cc2c[nH]c3ccccc23)C(=O)NC(CO)C(=O)NC(Cc2c[nH]c3ccccc23)C(=O)N1C. The van der Waals surface area contributed by atoms with Crippen molar-refractivity contribution in [3.8, 4) is 0 Å². The summed E-state index contributed by atoms with van der Waals surface area (Å²) in [5, 5.41) is 71.9. The highest BCUT2D eigenvalue weighted by Crippen LogP contribution is 2.27. The fourth-order valence-electron chi connectivity index (χ4n) is 15.5. The Morgan fingerprint density at radius 1 is 0.538 bits per heavy atom. The summed E-state index contributed by atoms with van der Waals surface area (Å²) in [6.45, 7) is 1.26. The number of hydrogen-bond donors (Lipinski definition) is 21. The molecule has 3 aromatic carbocycles. The van der Waals surface area contributed by atoms with Crippen molar-refractivity contribution < 1.29 is 92.0 Å². The van der Waals surface area contributed by atoms with Crippen LogP contribution >= 0.6 is 11.8 Å². The van der Waals surface area contributed by atoms with Crippen LogP contribution in [0.1, 0.15) is 114 Å². The summed E-state index contributed by atoms with van der Waals surface area (Å²) in [6, 6.07) is 2.45. The molecule has 2 fully saturated rings. The minimum Gasteiger partial charge on any atom is -0.394 e. The van der Waals surface area contributed by atoms with Crippen LogP contribution in [0, 0.1) is 5.41 Å². The molecule has 16 amide bonds. The number of H-pyrrole nitrogens is 3. The molecule has 14 atom stereocenters. The number of aromatic amines is 3. The van der Waals surface area contributed by atoms with Crippen molar-refractivity contribution in [1.29, 1.82) is 5.41 Å². The number of para-hydroxylation sites is 2. The standard InChI is InChI=1S/C86H122N24O19S/c1-8-10-28-66-79(123)99-57(27-19-31-92-86(89)90)75(119)105-65(74(118)95-41-70(88)114)45-130-46-72(116)98-60(33-49-21-13-12-14-22-49)82(126)107(5)48(3)73(117)101-62(37-69(87)113)84(128)110-32-20-30-67(110)80(124)100-59(36-52-40-91-47-96-52)77(121)104-64(44-112)81(125)106(4)42-71(115)97-58(34-50-38-93-55-25-17-15-23-53(50)55)76(120)103-63(43-111)78(122)102-61(35-51-39-94-56-26-18-16-24-54(51)56)83(127)109(7)68(29-11-9-2)85(129)108(66)6/h12-18,21-26,38-40,47-48,57-68,84,93-94,111-112,128H,8-11,19-20,27-37,41-46H2,1-7H3,(H2,87,113)(H2,88,114)(H,91,96)(H,95,118)(H,97,115)(H,98,116)(H,99,123)(H,100,124)(H,101,117)(H,102,122)(H,103,120)(H,104,121)(H,105,119)(H4,89,90,92). The van der Waals surface area contributed by atoms with Crippen molar-refractivity contribution in [2.45, 2.75) is 202 Å². The number of amides is 16. The fourth-order valence-corrected chi connectivity index (χ4v) is 16.3. The van der Waals surface area contributed by atoms with E-state index in [1.165, 1.54) is 45.5 Å². The van der Waals surface area contributed by atoms with Crippen molar-refractivity contribution >= 4 is 134 Å². The zero-order valence-electron chi connectivity index (χ0n) is 73.9. The molecule has 0 bridgehead atoms. The summed E-state index contributed by atoms with van der Waals surface area (Å²) in [6.07, 6.45) is 4.04. The lowest BCUT2D eigenvalue weighted by Crippen LogP contribution is -2.61. The number of nitrogens with one attached hydrogen (secondary N) is 15. The molecule has 6 aromatic rings. The van der Waals surface area contributed by atoms with E-state index >= 15 is 19.2 Å². The molecule has 130 heavy (non-hydrogen) atoms. The van der Waals surface area contributed by atoms with E-state index in [0.29, 0.717) is 69.9 Å². The first-order chi connectivity index (χ1) is 62.1. The molecule has 706 valence electrons. The number of aliphatic hydroxyl groups excluding tert-OH is 3. The maximum atomic E-state index is 15.6. The summed E-state index contributed by atoms with van der Waals surface area (Å²) >= 11 is 0.794. The van der Waals surface area contributed by atoms with E-state index in [4.69, 9.17) is 22.6 Å². The topological polar surface area (TPSA) is 645 Å². The number of aliphatic hydroxyl groups is 3. The first kappa shape index (κ1) is 102. The number of aromatic nitrogens is 4. The first-order valence-corrected chi connectivity index (χ1v) is 44.2. The van der Waals surface area contributed by atoms with Crippen LogP contribution in [-0.2, 0) is 102 Å². The minimum absolute atomic E-state index is 0.000578. The maximum absolute atomic E-state index is 15.6. The average Bonchev–Trinajstić information content (AvgIpc) is 1.59. The molecule has 0 aliphatic carbocycles. The number of likely N-dealkylation sites (N-methyl/N-ethyl adjacent to an activating group) is 4. The molecule has 2 saturated heterocycles. The van der Waals surface area contributed by atoms with Gasteiger partial charge in [0.1, 0.15) is 72.7 Å². The predicted molar refractivity (Wildman–Crippen MR) is 478 cm³/mol. The van der Waals surface area contributed by atoms with Crippen LogP contribution in [0.4, 0.5) is 0 Å². The predicted octanol–water partition coefficient (Wildman–Crippen LogP) is -4.40. The van der Waals surface area contributed by atoms with E-state index in [1.807, 2.05) is 13.8 Å². The number of thioether (sulfide) groups is 1. The van der Waals surface area contributed by atoms with Gasteiger partial charge in [0.05, 0.1) is 56.9 Å². The van der Waals surface area contributed by atoms with Crippen LogP contribution in [0.25, 0.3) is 21.8 Å². The summed E-state index contributed by atoms with van der Waals surface area (Å²) < 4.78 is 0. The summed E-state index contributed by atoms with van der Waals surface area (Å²) in [7, 11) is 5.12. The van der Waals surface area contributed by atoms with Crippen molar-refractivity contribution in [2.24, 2.45) is 17.2 Å². The number of imidazole rings is 1. The molecule has 5 heterocycles. The Kier molecular flexibility index (Phi) is 39.4. The molecule has 43 nitrogen and oxygen atoms in total. The Hall–Kier alpha value is -13.1. The molecule has 0 spiro atoms. The second-order valence-corrected chi connectivity index (χ2v) is 33.4. The van der Waals surface area contributed by atoms with Crippen LogP contribution in [0.5, 0.6) is 0 Å². The zero-order valence-corrected chi connectivity index (χ0v) is 74.7.